The zero-order valence-corrected chi connectivity index (χ0v) is 16.1. The predicted molar refractivity (Wildman–Crippen MR) is 102 cm³/mol. The molecular formula is C18H15N3O4S2. The Morgan fingerprint density at radius 1 is 0.963 bits per heavy atom. The standard InChI is InChI=1S/C18H15N3O4S2/c1-11-17(16-7-9-20-25-16)18(12(2)26-11)27(22,23)21-14-5-3-4-13(10-14)15-6-8-19-24-15/h3-10,21H,1-2H3. The lowest BCUT2D eigenvalue weighted by molar-refractivity contribution is 0.431. The topological polar surface area (TPSA) is 98.2 Å². The Morgan fingerprint density at radius 2 is 1.67 bits per heavy atom. The number of anilines is 1. The molecule has 0 amide bonds. The van der Waals surface area contributed by atoms with Gasteiger partial charge in [0, 0.05) is 33.1 Å². The van der Waals surface area contributed by atoms with E-state index in [1.165, 1.54) is 23.7 Å². The minimum atomic E-state index is -3.84. The second kappa shape index (κ2) is 6.67. The van der Waals surface area contributed by atoms with Crippen LogP contribution >= 0.6 is 11.3 Å². The summed E-state index contributed by atoms with van der Waals surface area (Å²) in [6, 6.07) is 10.3. The molecule has 0 bridgehead atoms. The number of benzene rings is 1. The van der Waals surface area contributed by atoms with Crippen LogP contribution in [0.5, 0.6) is 0 Å². The number of nitrogens with one attached hydrogen (secondary N) is 1. The maximum absolute atomic E-state index is 13.1. The number of thiophene rings is 1. The molecule has 138 valence electrons. The maximum atomic E-state index is 13.1. The largest absolute Gasteiger partial charge is 0.356 e. The van der Waals surface area contributed by atoms with Crippen LogP contribution in [-0.4, -0.2) is 18.7 Å². The van der Waals surface area contributed by atoms with E-state index in [0.717, 1.165) is 10.4 Å². The molecule has 4 rings (SSSR count). The first-order valence-electron chi connectivity index (χ1n) is 8.01. The highest BCUT2D eigenvalue weighted by atomic mass is 32.2. The van der Waals surface area contributed by atoms with Gasteiger partial charge in [0.05, 0.1) is 18.0 Å². The van der Waals surface area contributed by atoms with Crippen LogP contribution in [0.25, 0.3) is 22.6 Å². The van der Waals surface area contributed by atoms with Gasteiger partial charge in [0.15, 0.2) is 11.5 Å². The van der Waals surface area contributed by atoms with Crippen LogP contribution in [-0.2, 0) is 10.0 Å². The number of rotatable bonds is 5. The van der Waals surface area contributed by atoms with Gasteiger partial charge in [-0.1, -0.05) is 22.4 Å². The summed E-state index contributed by atoms with van der Waals surface area (Å²) in [7, 11) is -3.84. The highest BCUT2D eigenvalue weighted by molar-refractivity contribution is 7.93. The van der Waals surface area contributed by atoms with Crippen LogP contribution < -0.4 is 4.72 Å². The molecule has 7 nitrogen and oxygen atoms in total. The second-order valence-corrected chi connectivity index (χ2v) is 8.91. The zero-order valence-electron chi connectivity index (χ0n) is 14.5. The SMILES string of the molecule is Cc1sc(C)c(S(=O)(=O)Nc2cccc(-c3ccno3)c2)c1-c1ccno1. The van der Waals surface area contributed by atoms with Crippen molar-refractivity contribution in [2.45, 2.75) is 18.7 Å². The van der Waals surface area contributed by atoms with Gasteiger partial charge in [-0.15, -0.1) is 11.3 Å². The molecule has 1 N–H and O–H groups in total. The van der Waals surface area contributed by atoms with Crippen LogP contribution in [0.4, 0.5) is 5.69 Å². The number of hydrogen-bond acceptors (Lipinski definition) is 7. The van der Waals surface area contributed by atoms with Crippen LogP contribution in [0, 0.1) is 13.8 Å². The van der Waals surface area contributed by atoms with Crippen molar-refractivity contribution in [3.8, 4) is 22.6 Å². The molecule has 0 unspecified atom stereocenters. The molecule has 1 aromatic carbocycles. The summed E-state index contributed by atoms with van der Waals surface area (Å²) >= 11 is 1.40. The number of sulfonamides is 1. The first kappa shape index (κ1) is 17.5. The molecule has 0 spiro atoms. The third kappa shape index (κ3) is 3.26. The lowest BCUT2D eigenvalue weighted by Gasteiger charge is -2.10. The molecule has 0 aliphatic rings. The summed E-state index contributed by atoms with van der Waals surface area (Å²) in [5, 5.41) is 7.37. The molecule has 0 aliphatic heterocycles. The Morgan fingerprint density at radius 3 is 2.33 bits per heavy atom. The Hall–Kier alpha value is -2.91. The van der Waals surface area contributed by atoms with E-state index in [9.17, 15) is 8.42 Å². The van der Waals surface area contributed by atoms with E-state index in [-0.39, 0.29) is 4.90 Å². The summed E-state index contributed by atoms with van der Waals surface area (Å²) in [5.74, 6) is 0.980. The van der Waals surface area contributed by atoms with E-state index in [4.69, 9.17) is 9.05 Å². The minimum absolute atomic E-state index is 0.201. The smallest absolute Gasteiger partial charge is 0.263 e. The first-order valence-corrected chi connectivity index (χ1v) is 10.3. The van der Waals surface area contributed by atoms with Gasteiger partial charge in [-0.25, -0.2) is 8.42 Å². The summed E-state index contributed by atoms with van der Waals surface area (Å²) < 4.78 is 39.3. The van der Waals surface area contributed by atoms with Gasteiger partial charge in [-0.05, 0) is 26.0 Å². The minimum Gasteiger partial charge on any atom is -0.356 e. The Balaban J connectivity index is 1.75. The first-order chi connectivity index (χ1) is 13.0. The summed E-state index contributed by atoms with van der Waals surface area (Å²) in [6.07, 6.45) is 3.03. The monoisotopic (exact) mass is 401 g/mol. The van der Waals surface area contributed by atoms with E-state index in [2.05, 4.69) is 15.0 Å². The van der Waals surface area contributed by atoms with Crippen molar-refractivity contribution in [2.75, 3.05) is 4.72 Å². The van der Waals surface area contributed by atoms with Crippen molar-refractivity contribution in [1.82, 2.24) is 10.3 Å². The highest BCUT2D eigenvalue weighted by Crippen LogP contribution is 2.39. The predicted octanol–water partition coefficient (Wildman–Crippen LogP) is 4.48. The van der Waals surface area contributed by atoms with E-state index in [1.807, 2.05) is 13.0 Å². The van der Waals surface area contributed by atoms with Gasteiger partial charge in [0.2, 0.25) is 0 Å². The molecule has 0 aliphatic carbocycles. The van der Waals surface area contributed by atoms with Gasteiger partial charge in [0.25, 0.3) is 10.0 Å². The third-order valence-corrected chi connectivity index (χ3v) is 6.70. The van der Waals surface area contributed by atoms with Crippen LogP contribution in [0.1, 0.15) is 9.75 Å². The summed E-state index contributed by atoms with van der Waals surface area (Å²) in [5.41, 5.74) is 1.69. The fraction of sp³-hybridized carbons (Fsp3) is 0.111. The van der Waals surface area contributed by atoms with Crippen LogP contribution in [0.2, 0.25) is 0 Å². The lowest BCUT2D eigenvalue weighted by atomic mass is 10.1. The number of hydrogen-bond donors (Lipinski definition) is 1. The summed E-state index contributed by atoms with van der Waals surface area (Å²) in [6.45, 7) is 3.64. The molecular weight excluding hydrogens is 386 g/mol. The average molecular weight is 401 g/mol. The molecule has 4 aromatic rings. The Bertz CT molecular complexity index is 1180. The number of aromatic nitrogens is 2. The van der Waals surface area contributed by atoms with Gasteiger partial charge in [-0.3, -0.25) is 4.72 Å². The van der Waals surface area contributed by atoms with Gasteiger partial charge >= 0.3 is 0 Å². The molecule has 0 saturated carbocycles. The third-order valence-electron chi connectivity index (χ3n) is 4.00. The molecule has 0 radical (unpaired) electrons. The van der Waals surface area contributed by atoms with Crippen molar-refractivity contribution in [1.29, 1.82) is 0 Å². The molecule has 3 aromatic heterocycles. The zero-order chi connectivity index (χ0) is 19.0. The van der Waals surface area contributed by atoms with Crippen molar-refractivity contribution >= 4 is 27.0 Å². The number of aryl methyl sites for hydroxylation is 2. The molecule has 0 atom stereocenters. The fourth-order valence-corrected chi connectivity index (χ4v) is 5.84. The van der Waals surface area contributed by atoms with Crippen molar-refractivity contribution < 1.29 is 17.5 Å². The van der Waals surface area contributed by atoms with Crippen molar-refractivity contribution in [2.24, 2.45) is 0 Å². The van der Waals surface area contributed by atoms with Crippen molar-refractivity contribution in [3.63, 3.8) is 0 Å². The second-order valence-electron chi connectivity index (χ2n) is 5.86. The van der Waals surface area contributed by atoms with Gasteiger partial charge < -0.3 is 9.05 Å². The highest BCUT2D eigenvalue weighted by Gasteiger charge is 2.28. The van der Waals surface area contributed by atoms with Gasteiger partial charge in [0.1, 0.15) is 4.90 Å². The normalized spacial score (nSPS) is 11.6. The number of nitrogens with zero attached hydrogens (tertiary/aromatic N) is 2. The molecule has 3 heterocycles. The molecule has 0 fully saturated rings. The quantitative estimate of drug-likeness (QED) is 0.530. The lowest BCUT2D eigenvalue weighted by Crippen LogP contribution is -2.14. The fourth-order valence-electron chi connectivity index (χ4n) is 2.92. The van der Waals surface area contributed by atoms with E-state index in [0.29, 0.717) is 27.6 Å². The van der Waals surface area contributed by atoms with E-state index < -0.39 is 10.0 Å². The Labute approximate surface area is 159 Å². The van der Waals surface area contributed by atoms with E-state index in [1.54, 1.807) is 37.3 Å². The summed E-state index contributed by atoms with van der Waals surface area (Å²) in [4.78, 5) is 1.73. The Kier molecular flexibility index (Phi) is 4.33. The molecule has 9 heteroatoms. The maximum Gasteiger partial charge on any atom is 0.263 e. The van der Waals surface area contributed by atoms with Crippen molar-refractivity contribution in [3.05, 3.63) is 58.5 Å². The average Bonchev–Trinajstić information content (AvgIpc) is 3.35. The molecule has 0 saturated heterocycles. The van der Waals surface area contributed by atoms with Crippen LogP contribution in [0.3, 0.4) is 0 Å². The van der Waals surface area contributed by atoms with E-state index >= 15 is 0 Å². The van der Waals surface area contributed by atoms with Gasteiger partial charge in [-0.2, -0.15) is 0 Å². The van der Waals surface area contributed by atoms with Crippen LogP contribution in [0.15, 0.2) is 62.7 Å². The molecule has 27 heavy (non-hydrogen) atoms.